The third kappa shape index (κ3) is 4.00. The minimum atomic E-state index is -0.0799. The van der Waals surface area contributed by atoms with Crippen molar-refractivity contribution >= 4 is 33.6 Å². The molecule has 0 aliphatic carbocycles. The lowest BCUT2D eigenvalue weighted by atomic mass is 10.2. The van der Waals surface area contributed by atoms with Crippen LogP contribution in [0.15, 0.2) is 22.8 Å². The van der Waals surface area contributed by atoms with Crippen LogP contribution in [0.5, 0.6) is 0 Å². The summed E-state index contributed by atoms with van der Waals surface area (Å²) < 4.78 is 0.886. The van der Waals surface area contributed by atoms with Gasteiger partial charge in [-0.25, -0.2) is 4.98 Å². The Labute approximate surface area is 114 Å². The van der Waals surface area contributed by atoms with E-state index >= 15 is 0 Å². The SMILES string of the molecule is O=C(NCC1CCCCS1)c1ccc(Br)cn1. The zero-order chi connectivity index (χ0) is 12.1. The smallest absolute Gasteiger partial charge is 0.269 e. The molecule has 1 fully saturated rings. The van der Waals surface area contributed by atoms with Crippen LogP contribution >= 0.6 is 27.7 Å². The van der Waals surface area contributed by atoms with E-state index in [1.807, 2.05) is 17.8 Å². The van der Waals surface area contributed by atoms with E-state index in [-0.39, 0.29) is 5.91 Å². The van der Waals surface area contributed by atoms with Gasteiger partial charge in [0.05, 0.1) is 0 Å². The van der Waals surface area contributed by atoms with Gasteiger partial charge >= 0.3 is 0 Å². The van der Waals surface area contributed by atoms with Crippen molar-refractivity contribution in [2.75, 3.05) is 12.3 Å². The van der Waals surface area contributed by atoms with Crippen molar-refractivity contribution in [3.05, 3.63) is 28.5 Å². The van der Waals surface area contributed by atoms with E-state index in [0.29, 0.717) is 10.9 Å². The van der Waals surface area contributed by atoms with Crippen LogP contribution in [0.3, 0.4) is 0 Å². The number of halogens is 1. The molecule has 17 heavy (non-hydrogen) atoms. The molecule has 1 unspecified atom stereocenters. The summed E-state index contributed by atoms with van der Waals surface area (Å²) in [4.78, 5) is 15.9. The molecule has 0 saturated carbocycles. The van der Waals surface area contributed by atoms with Crippen molar-refractivity contribution in [2.45, 2.75) is 24.5 Å². The van der Waals surface area contributed by atoms with Gasteiger partial charge in [0.15, 0.2) is 0 Å². The lowest BCUT2D eigenvalue weighted by Crippen LogP contribution is -2.32. The molecule has 5 heteroatoms. The van der Waals surface area contributed by atoms with Gasteiger partial charge < -0.3 is 5.32 Å². The summed E-state index contributed by atoms with van der Waals surface area (Å²) in [6, 6.07) is 3.56. The molecule has 3 nitrogen and oxygen atoms in total. The number of nitrogens with one attached hydrogen (secondary N) is 1. The van der Waals surface area contributed by atoms with Gasteiger partial charge in [-0.3, -0.25) is 4.79 Å². The molecule has 1 amide bonds. The summed E-state index contributed by atoms with van der Waals surface area (Å²) in [5, 5.41) is 3.52. The molecular weight excluding hydrogens is 300 g/mol. The summed E-state index contributed by atoms with van der Waals surface area (Å²) in [7, 11) is 0. The number of rotatable bonds is 3. The van der Waals surface area contributed by atoms with Gasteiger partial charge in [-0.15, -0.1) is 0 Å². The van der Waals surface area contributed by atoms with Crippen molar-refractivity contribution < 1.29 is 4.79 Å². The quantitative estimate of drug-likeness (QED) is 0.932. The maximum Gasteiger partial charge on any atom is 0.269 e. The zero-order valence-corrected chi connectivity index (χ0v) is 11.9. The Morgan fingerprint density at radius 3 is 3.06 bits per heavy atom. The predicted molar refractivity (Wildman–Crippen MR) is 74.4 cm³/mol. The number of carbonyl (C=O) groups excluding carboxylic acids is 1. The first kappa shape index (κ1) is 12.9. The van der Waals surface area contributed by atoms with E-state index in [0.717, 1.165) is 11.0 Å². The molecule has 0 radical (unpaired) electrons. The summed E-state index contributed by atoms with van der Waals surface area (Å²) in [5.41, 5.74) is 0.481. The standard InChI is InChI=1S/C12H15BrN2OS/c13-9-4-5-11(14-7-9)12(16)15-8-10-3-1-2-6-17-10/h4-5,7,10H,1-3,6,8H2,(H,15,16). The minimum absolute atomic E-state index is 0.0799. The molecular formula is C12H15BrN2OS. The summed E-state index contributed by atoms with van der Waals surface area (Å²) >= 11 is 5.26. The van der Waals surface area contributed by atoms with Gasteiger partial charge in [0.2, 0.25) is 0 Å². The number of pyridine rings is 1. The van der Waals surface area contributed by atoms with Gasteiger partial charge in [0.25, 0.3) is 5.91 Å². The molecule has 1 saturated heterocycles. The molecule has 2 rings (SSSR count). The molecule has 0 bridgehead atoms. The molecule has 1 aromatic heterocycles. The largest absolute Gasteiger partial charge is 0.350 e. The molecule has 0 spiro atoms. The van der Waals surface area contributed by atoms with Crippen LogP contribution in [0.2, 0.25) is 0 Å². The van der Waals surface area contributed by atoms with Crippen molar-refractivity contribution in [3.63, 3.8) is 0 Å². The van der Waals surface area contributed by atoms with Crippen LogP contribution in [0.1, 0.15) is 29.8 Å². The van der Waals surface area contributed by atoms with E-state index in [9.17, 15) is 4.79 Å². The number of thioether (sulfide) groups is 1. The van der Waals surface area contributed by atoms with Crippen LogP contribution in [-0.2, 0) is 0 Å². The molecule has 0 aromatic carbocycles. The van der Waals surface area contributed by atoms with Crippen LogP contribution in [0, 0.1) is 0 Å². The molecule has 1 aliphatic heterocycles. The summed E-state index contributed by atoms with van der Waals surface area (Å²) in [5.74, 6) is 1.14. The Bertz CT molecular complexity index is 377. The number of hydrogen-bond donors (Lipinski definition) is 1. The first-order chi connectivity index (χ1) is 8.25. The Morgan fingerprint density at radius 1 is 1.53 bits per heavy atom. The number of amides is 1. The average molecular weight is 315 g/mol. The molecule has 1 N–H and O–H groups in total. The average Bonchev–Trinajstić information content (AvgIpc) is 2.38. The van der Waals surface area contributed by atoms with E-state index in [1.54, 1.807) is 12.3 Å². The molecule has 1 aromatic rings. The highest BCUT2D eigenvalue weighted by Crippen LogP contribution is 2.24. The van der Waals surface area contributed by atoms with Crippen LogP contribution in [0.25, 0.3) is 0 Å². The van der Waals surface area contributed by atoms with Crippen molar-refractivity contribution in [1.29, 1.82) is 0 Å². The van der Waals surface area contributed by atoms with Crippen LogP contribution in [0.4, 0.5) is 0 Å². The maximum atomic E-state index is 11.8. The third-order valence-electron chi connectivity index (χ3n) is 2.72. The highest BCUT2D eigenvalue weighted by atomic mass is 79.9. The molecule has 1 atom stereocenters. The first-order valence-electron chi connectivity index (χ1n) is 5.77. The Morgan fingerprint density at radius 2 is 2.41 bits per heavy atom. The Kier molecular flexibility index (Phi) is 4.86. The van der Waals surface area contributed by atoms with Gasteiger partial charge in [0, 0.05) is 22.5 Å². The van der Waals surface area contributed by atoms with Crippen molar-refractivity contribution in [3.8, 4) is 0 Å². The highest BCUT2D eigenvalue weighted by Gasteiger charge is 2.15. The zero-order valence-electron chi connectivity index (χ0n) is 9.49. The summed E-state index contributed by atoms with van der Waals surface area (Å²) in [6.45, 7) is 0.751. The van der Waals surface area contributed by atoms with E-state index in [2.05, 4.69) is 26.2 Å². The molecule has 1 aliphatic rings. The first-order valence-corrected chi connectivity index (χ1v) is 7.61. The van der Waals surface area contributed by atoms with Gasteiger partial charge in [0.1, 0.15) is 5.69 Å². The number of aromatic nitrogens is 1. The Balaban J connectivity index is 1.82. The Hall–Kier alpha value is -0.550. The predicted octanol–water partition coefficient (Wildman–Crippen LogP) is 2.86. The van der Waals surface area contributed by atoms with Gasteiger partial charge in [-0.05, 0) is 46.7 Å². The van der Waals surface area contributed by atoms with E-state index < -0.39 is 0 Å². The second kappa shape index (κ2) is 6.40. The van der Waals surface area contributed by atoms with Gasteiger partial charge in [-0.1, -0.05) is 6.42 Å². The second-order valence-electron chi connectivity index (χ2n) is 4.06. The van der Waals surface area contributed by atoms with Crippen molar-refractivity contribution in [2.24, 2.45) is 0 Å². The number of hydrogen-bond acceptors (Lipinski definition) is 3. The van der Waals surface area contributed by atoms with E-state index in [1.165, 1.54) is 25.0 Å². The molecule has 92 valence electrons. The van der Waals surface area contributed by atoms with E-state index in [4.69, 9.17) is 0 Å². The third-order valence-corrected chi connectivity index (χ3v) is 4.59. The van der Waals surface area contributed by atoms with Crippen LogP contribution in [-0.4, -0.2) is 28.4 Å². The lowest BCUT2D eigenvalue weighted by molar-refractivity contribution is 0.0948. The fourth-order valence-electron chi connectivity index (χ4n) is 1.78. The second-order valence-corrected chi connectivity index (χ2v) is 6.38. The summed E-state index contributed by atoms with van der Waals surface area (Å²) in [6.07, 6.45) is 5.44. The van der Waals surface area contributed by atoms with Crippen molar-refractivity contribution in [1.82, 2.24) is 10.3 Å². The monoisotopic (exact) mass is 314 g/mol. The maximum absolute atomic E-state index is 11.8. The fourth-order valence-corrected chi connectivity index (χ4v) is 3.25. The molecule has 2 heterocycles. The topological polar surface area (TPSA) is 42.0 Å². The van der Waals surface area contributed by atoms with Gasteiger partial charge in [-0.2, -0.15) is 11.8 Å². The highest BCUT2D eigenvalue weighted by molar-refractivity contribution is 9.10. The van der Waals surface area contributed by atoms with Crippen LogP contribution < -0.4 is 5.32 Å². The number of nitrogens with zero attached hydrogens (tertiary/aromatic N) is 1. The fraction of sp³-hybridized carbons (Fsp3) is 0.500. The lowest BCUT2D eigenvalue weighted by Gasteiger charge is -2.21. The minimum Gasteiger partial charge on any atom is -0.350 e. The normalized spacial score (nSPS) is 19.9. The number of carbonyl (C=O) groups is 1.